The van der Waals surface area contributed by atoms with Crippen LogP contribution in [0.15, 0.2) is 55.1 Å². The van der Waals surface area contributed by atoms with Crippen molar-refractivity contribution in [2.75, 3.05) is 57.9 Å². The summed E-state index contributed by atoms with van der Waals surface area (Å²) in [5.74, 6) is 2.05. The molecule has 2 bridgehead atoms. The number of hydrogen-bond donors (Lipinski definition) is 0. The van der Waals surface area contributed by atoms with Gasteiger partial charge in [-0.15, -0.1) is 0 Å². The molecule has 1 amide bonds. The number of methoxy groups -OCH3 is 1. The lowest BCUT2D eigenvalue weighted by atomic mass is 9.86. The molecule has 8 heterocycles. The molecule has 2 unspecified atom stereocenters. The Morgan fingerprint density at radius 2 is 2.00 bits per heavy atom. The van der Waals surface area contributed by atoms with Crippen LogP contribution in [0.25, 0.3) is 16.6 Å². The number of rotatable bonds is 8. The molecule has 0 radical (unpaired) electrons. The number of morpholine rings is 1. The van der Waals surface area contributed by atoms with E-state index in [1.807, 2.05) is 35.5 Å². The molecule has 4 saturated heterocycles. The molecule has 12 heteroatoms. The van der Waals surface area contributed by atoms with Crippen LogP contribution in [-0.2, 0) is 4.74 Å². The predicted molar refractivity (Wildman–Crippen MR) is 164 cm³/mol. The van der Waals surface area contributed by atoms with Crippen molar-refractivity contribution in [3.8, 4) is 28.8 Å². The highest BCUT2D eigenvalue weighted by molar-refractivity contribution is 5.95. The molecule has 230 valence electrons. The van der Waals surface area contributed by atoms with Gasteiger partial charge in [0.1, 0.15) is 24.2 Å². The molecule has 1 aliphatic carbocycles. The van der Waals surface area contributed by atoms with E-state index in [1.54, 1.807) is 36.2 Å². The second-order valence-corrected chi connectivity index (χ2v) is 12.4. The zero-order valence-corrected chi connectivity index (χ0v) is 25.1. The minimum atomic E-state index is 0.00589. The summed E-state index contributed by atoms with van der Waals surface area (Å²) >= 11 is 0. The molecule has 1 spiro atoms. The van der Waals surface area contributed by atoms with Crippen LogP contribution in [0.4, 0.5) is 5.82 Å². The molecular formula is C33H34N8O4. The van der Waals surface area contributed by atoms with E-state index in [1.165, 1.54) is 0 Å². The van der Waals surface area contributed by atoms with Crippen LogP contribution in [0.3, 0.4) is 0 Å². The lowest BCUT2D eigenvalue weighted by Crippen LogP contribution is -2.70. The molecule has 0 N–H and O–H groups in total. The van der Waals surface area contributed by atoms with Gasteiger partial charge in [0.25, 0.3) is 5.91 Å². The lowest BCUT2D eigenvalue weighted by molar-refractivity contribution is -0.0483. The number of fused-ring (bicyclic) bond motifs is 3. The van der Waals surface area contributed by atoms with Crippen molar-refractivity contribution in [3.63, 3.8) is 0 Å². The topological polar surface area (TPSA) is 121 Å². The first-order valence-corrected chi connectivity index (χ1v) is 15.5. The van der Waals surface area contributed by atoms with Crippen molar-refractivity contribution in [2.45, 2.75) is 36.9 Å². The molecule has 4 aromatic rings. The standard InChI is InChI=1S/C33H34N8O4/c1-43-30-5-3-23(16-36-30)32(42)41-25-12-26(41)19-39(18-25)29-4-2-22(15-35-29)28-13-27(20-40-31(28)24(14-34)17-37-40)44-10-8-38-9-11-45-33(21-38)6-7-33/h2-5,13,15-17,20,25-26H,6-12,18-19,21H2,1H3. The van der Waals surface area contributed by atoms with E-state index in [-0.39, 0.29) is 23.6 Å². The number of piperidine rings is 1. The number of pyridine rings is 3. The number of carbonyl (C=O) groups is 1. The third-order valence-electron chi connectivity index (χ3n) is 9.52. The largest absolute Gasteiger partial charge is 0.491 e. The van der Waals surface area contributed by atoms with Crippen LogP contribution in [0.1, 0.15) is 35.2 Å². The summed E-state index contributed by atoms with van der Waals surface area (Å²) in [6.07, 6.45) is 10.1. The second-order valence-electron chi connectivity index (χ2n) is 12.4. The molecule has 5 aliphatic rings. The van der Waals surface area contributed by atoms with E-state index in [0.29, 0.717) is 29.4 Å². The Bertz CT molecular complexity index is 1770. The number of aromatic nitrogens is 4. The number of ether oxygens (including phenoxy) is 3. The first-order chi connectivity index (χ1) is 22.0. The van der Waals surface area contributed by atoms with Crippen molar-refractivity contribution in [2.24, 2.45) is 0 Å². The van der Waals surface area contributed by atoms with E-state index in [4.69, 9.17) is 19.2 Å². The number of nitrogens with zero attached hydrogens (tertiary/aromatic N) is 8. The molecule has 12 nitrogen and oxygen atoms in total. The average Bonchev–Trinajstić information content (AvgIpc) is 3.68. The fraction of sp³-hybridized carbons (Fsp3) is 0.424. The highest BCUT2D eigenvalue weighted by Gasteiger charge is 2.48. The third-order valence-corrected chi connectivity index (χ3v) is 9.52. The Morgan fingerprint density at radius 1 is 1.13 bits per heavy atom. The fourth-order valence-electron chi connectivity index (χ4n) is 6.96. The van der Waals surface area contributed by atoms with Gasteiger partial charge in [0, 0.05) is 62.3 Å². The maximum atomic E-state index is 13.2. The van der Waals surface area contributed by atoms with Gasteiger partial charge < -0.3 is 24.0 Å². The summed E-state index contributed by atoms with van der Waals surface area (Å²) in [6.45, 7) is 5.49. The Balaban J connectivity index is 0.964. The number of nitriles is 1. The van der Waals surface area contributed by atoms with Crippen LogP contribution in [0.5, 0.6) is 11.6 Å². The molecule has 45 heavy (non-hydrogen) atoms. The van der Waals surface area contributed by atoms with E-state index in [0.717, 1.165) is 81.1 Å². The number of amides is 1. The summed E-state index contributed by atoms with van der Waals surface area (Å²) in [5, 5.41) is 14.2. The van der Waals surface area contributed by atoms with Gasteiger partial charge in [-0.3, -0.25) is 9.69 Å². The smallest absolute Gasteiger partial charge is 0.256 e. The summed E-state index contributed by atoms with van der Waals surface area (Å²) in [6, 6.07) is 12.0. The van der Waals surface area contributed by atoms with Crippen molar-refractivity contribution < 1.29 is 19.0 Å². The molecule has 4 aliphatic heterocycles. The normalized spacial score (nSPS) is 21.8. The van der Waals surface area contributed by atoms with Gasteiger partial charge in [-0.1, -0.05) is 0 Å². The maximum absolute atomic E-state index is 13.2. The van der Waals surface area contributed by atoms with E-state index in [2.05, 4.69) is 26.0 Å². The van der Waals surface area contributed by atoms with Crippen molar-refractivity contribution in [1.82, 2.24) is 29.4 Å². The first kappa shape index (κ1) is 27.8. The number of anilines is 1. The van der Waals surface area contributed by atoms with Gasteiger partial charge in [-0.05, 0) is 43.5 Å². The number of piperazine rings is 1. The van der Waals surface area contributed by atoms with Gasteiger partial charge in [0.2, 0.25) is 5.88 Å². The first-order valence-electron chi connectivity index (χ1n) is 15.5. The van der Waals surface area contributed by atoms with Gasteiger partial charge >= 0.3 is 0 Å². The predicted octanol–water partition coefficient (Wildman–Crippen LogP) is 3.02. The minimum absolute atomic E-state index is 0.00589. The van der Waals surface area contributed by atoms with Crippen LogP contribution in [0, 0.1) is 11.3 Å². The second kappa shape index (κ2) is 11.0. The molecule has 0 aromatic carbocycles. The highest BCUT2D eigenvalue weighted by atomic mass is 16.5. The zero-order valence-electron chi connectivity index (χ0n) is 25.1. The van der Waals surface area contributed by atoms with Crippen LogP contribution >= 0.6 is 0 Å². The highest BCUT2D eigenvalue weighted by Crippen LogP contribution is 2.42. The minimum Gasteiger partial charge on any atom is -0.491 e. The lowest BCUT2D eigenvalue weighted by Gasteiger charge is -2.56. The molecule has 5 fully saturated rings. The number of carbonyl (C=O) groups excluding carboxylic acids is 1. The number of hydrogen-bond acceptors (Lipinski definition) is 10. The SMILES string of the molecule is COc1ccc(C(=O)N2C3CC2CN(c2ccc(-c4cc(OCCN5CCOC6(CC6)C5)cn5ncc(C#N)c45)cn2)C3)cn1. The molecule has 2 atom stereocenters. The Labute approximate surface area is 260 Å². The van der Waals surface area contributed by atoms with Crippen LogP contribution in [0.2, 0.25) is 0 Å². The summed E-state index contributed by atoms with van der Waals surface area (Å²) in [5.41, 5.74) is 3.60. The summed E-state index contributed by atoms with van der Waals surface area (Å²) in [7, 11) is 1.56. The summed E-state index contributed by atoms with van der Waals surface area (Å²) < 4.78 is 19.0. The van der Waals surface area contributed by atoms with Gasteiger partial charge in [0.15, 0.2) is 0 Å². The molecule has 1 saturated carbocycles. The van der Waals surface area contributed by atoms with Gasteiger partial charge in [0.05, 0.1) is 60.4 Å². The van der Waals surface area contributed by atoms with Gasteiger partial charge in [-0.25, -0.2) is 14.5 Å². The molecular weight excluding hydrogens is 572 g/mol. The van der Waals surface area contributed by atoms with Crippen molar-refractivity contribution in [1.29, 1.82) is 5.26 Å². The third kappa shape index (κ3) is 5.11. The fourth-order valence-corrected chi connectivity index (χ4v) is 6.96. The Hall–Kier alpha value is -4.73. The van der Waals surface area contributed by atoms with Crippen molar-refractivity contribution >= 4 is 17.2 Å². The van der Waals surface area contributed by atoms with Crippen LogP contribution < -0.4 is 14.4 Å². The molecule has 4 aromatic heterocycles. The Kier molecular flexibility index (Phi) is 6.80. The molecule has 9 rings (SSSR count). The van der Waals surface area contributed by atoms with Crippen molar-refractivity contribution in [3.05, 3.63) is 66.2 Å². The summed E-state index contributed by atoms with van der Waals surface area (Å²) in [4.78, 5) is 28.8. The zero-order chi connectivity index (χ0) is 30.5. The maximum Gasteiger partial charge on any atom is 0.256 e. The van der Waals surface area contributed by atoms with E-state index >= 15 is 0 Å². The quantitative estimate of drug-likeness (QED) is 0.296. The van der Waals surface area contributed by atoms with Crippen LogP contribution in [-0.4, -0.2) is 106 Å². The monoisotopic (exact) mass is 606 g/mol. The average molecular weight is 607 g/mol. The van der Waals surface area contributed by atoms with Gasteiger partial charge in [-0.2, -0.15) is 10.4 Å². The van der Waals surface area contributed by atoms with E-state index < -0.39 is 0 Å². The van der Waals surface area contributed by atoms with E-state index in [9.17, 15) is 10.1 Å². The Morgan fingerprint density at radius 3 is 2.71 bits per heavy atom.